The molecule has 0 spiro atoms. The number of urea groups is 1. The van der Waals surface area contributed by atoms with E-state index in [9.17, 15) is 14.4 Å². The zero-order chi connectivity index (χ0) is 22.1. The van der Waals surface area contributed by atoms with E-state index in [0.717, 1.165) is 60.5 Å². The van der Waals surface area contributed by atoms with Gasteiger partial charge in [0.15, 0.2) is 0 Å². The number of barbiturate groups is 1. The summed E-state index contributed by atoms with van der Waals surface area (Å²) in [7, 11) is 1.62. The lowest BCUT2D eigenvalue weighted by molar-refractivity contribution is -0.132. The molecule has 31 heavy (non-hydrogen) atoms. The maximum atomic E-state index is 13.1. The molecule has 162 valence electrons. The van der Waals surface area contributed by atoms with Crippen LogP contribution in [0.5, 0.6) is 5.75 Å². The molecule has 4 amide bonds. The summed E-state index contributed by atoms with van der Waals surface area (Å²) >= 11 is 0. The number of aromatic nitrogens is 1. The van der Waals surface area contributed by atoms with Gasteiger partial charge in [-0.1, -0.05) is 19.3 Å². The summed E-state index contributed by atoms with van der Waals surface area (Å²) in [6, 6.07) is 8.87. The van der Waals surface area contributed by atoms with Gasteiger partial charge in [-0.05, 0) is 68.7 Å². The van der Waals surface area contributed by atoms with E-state index >= 15 is 0 Å². The maximum Gasteiger partial charge on any atom is 0.331 e. The Morgan fingerprint density at radius 2 is 1.71 bits per heavy atom. The number of ether oxygens (including phenoxy) is 1. The molecule has 1 aliphatic heterocycles. The van der Waals surface area contributed by atoms with Crippen LogP contribution >= 0.6 is 0 Å². The average Bonchev–Trinajstić information content (AvgIpc) is 3.04. The van der Waals surface area contributed by atoms with Crippen LogP contribution in [0.3, 0.4) is 0 Å². The molecule has 0 unspecified atom stereocenters. The molecule has 7 heteroatoms. The minimum Gasteiger partial charge on any atom is -0.497 e. The van der Waals surface area contributed by atoms with Crippen molar-refractivity contribution in [2.45, 2.75) is 52.0 Å². The van der Waals surface area contributed by atoms with Crippen molar-refractivity contribution >= 4 is 23.9 Å². The number of hydrogen-bond donors (Lipinski definition) is 1. The van der Waals surface area contributed by atoms with Crippen molar-refractivity contribution < 1.29 is 19.1 Å². The lowest BCUT2D eigenvalue weighted by Gasteiger charge is -2.35. The lowest BCUT2D eigenvalue weighted by atomic mass is 9.93. The van der Waals surface area contributed by atoms with E-state index in [1.165, 1.54) is 4.90 Å². The van der Waals surface area contributed by atoms with E-state index in [0.29, 0.717) is 0 Å². The molecule has 7 nitrogen and oxygen atoms in total. The van der Waals surface area contributed by atoms with Crippen molar-refractivity contribution in [2.24, 2.45) is 0 Å². The van der Waals surface area contributed by atoms with Gasteiger partial charge in [0, 0.05) is 23.1 Å². The van der Waals surface area contributed by atoms with Gasteiger partial charge >= 0.3 is 6.03 Å². The standard InChI is InChI=1S/C24H27N3O4/c1-15-13-17(16(2)26(15)19-9-11-20(31-3)12-10-19)14-21-22(28)25-24(30)27(23(21)29)18-7-5-4-6-8-18/h9-14,18H,4-8H2,1-3H3,(H,25,28,30)/b21-14+. The largest absolute Gasteiger partial charge is 0.497 e. The monoisotopic (exact) mass is 421 g/mol. The smallest absolute Gasteiger partial charge is 0.331 e. The zero-order valence-electron chi connectivity index (χ0n) is 18.1. The summed E-state index contributed by atoms with van der Waals surface area (Å²) in [6.45, 7) is 3.92. The van der Waals surface area contributed by atoms with Crippen LogP contribution in [0.1, 0.15) is 49.1 Å². The second-order valence-corrected chi connectivity index (χ2v) is 8.14. The third kappa shape index (κ3) is 3.87. The van der Waals surface area contributed by atoms with E-state index in [1.54, 1.807) is 13.2 Å². The molecule has 1 aliphatic carbocycles. The van der Waals surface area contributed by atoms with E-state index < -0.39 is 17.8 Å². The quantitative estimate of drug-likeness (QED) is 0.600. The van der Waals surface area contributed by atoms with Gasteiger partial charge in [-0.15, -0.1) is 0 Å². The van der Waals surface area contributed by atoms with Crippen molar-refractivity contribution in [3.63, 3.8) is 0 Å². The second-order valence-electron chi connectivity index (χ2n) is 8.14. The highest BCUT2D eigenvalue weighted by Crippen LogP contribution is 2.28. The molecule has 2 aromatic rings. The first kappa shape index (κ1) is 20.9. The van der Waals surface area contributed by atoms with E-state index in [2.05, 4.69) is 9.88 Å². The highest BCUT2D eigenvalue weighted by Gasteiger charge is 2.40. The zero-order valence-corrected chi connectivity index (χ0v) is 18.1. The van der Waals surface area contributed by atoms with Crippen LogP contribution in [-0.4, -0.2) is 40.5 Å². The Kier molecular flexibility index (Phi) is 5.67. The van der Waals surface area contributed by atoms with E-state index in [1.807, 2.05) is 44.2 Å². The molecule has 0 atom stereocenters. The van der Waals surface area contributed by atoms with Crippen LogP contribution in [0.15, 0.2) is 35.9 Å². The van der Waals surface area contributed by atoms with Crippen LogP contribution in [0.2, 0.25) is 0 Å². The molecule has 0 bridgehead atoms. The predicted molar refractivity (Wildman–Crippen MR) is 117 cm³/mol. The van der Waals surface area contributed by atoms with Gasteiger partial charge in [-0.3, -0.25) is 19.8 Å². The summed E-state index contributed by atoms with van der Waals surface area (Å²) in [4.78, 5) is 39.3. The lowest BCUT2D eigenvalue weighted by Crippen LogP contribution is -2.58. The molecule has 4 rings (SSSR count). The Morgan fingerprint density at radius 3 is 2.35 bits per heavy atom. The maximum absolute atomic E-state index is 13.1. The fourth-order valence-corrected chi connectivity index (χ4v) is 4.56. The van der Waals surface area contributed by atoms with Gasteiger partial charge < -0.3 is 9.30 Å². The van der Waals surface area contributed by atoms with Crippen LogP contribution < -0.4 is 10.1 Å². The molecular weight excluding hydrogens is 394 g/mol. The highest BCUT2D eigenvalue weighted by atomic mass is 16.5. The van der Waals surface area contributed by atoms with Gasteiger partial charge in [0.05, 0.1) is 7.11 Å². The van der Waals surface area contributed by atoms with Crippen molar-refractivity contribution in [2.75, 3.05) is 7.11 Å². The number of amides is 4. The van der Waals surface area contributed by atoms with Gasteiger partial charge in [-0.2, -0.15) is 0 Å². The fourth-order valence-electron chi connectivity index (χ4n) is 4.56. The number of carbonyl (C=O) groups excluding carboxylic acids is 3. The number of hydrogen-bond acceptors (Lipinski definition) is 4. The molecule has 2 heterocycles. The van der Waals surface area contributed by atoms with Crippen molar-refractivity contribution in [3.8, 4) is 11.4 Å². The summed E-state index contributed by atoms with van der Waals surface area (Å²) in [5.74, 6) is -0.378. The summed E-state index contributed by atoms with van der Waals surface area (Å²) in [6.07, 6.45) is 6.25. The molecule has 1 N–H and O–H groups in total. The Balaban J connectivity index is 1.69. The molecule has 0 radical (unpaired) electrons. The number of benzene rings is 1. The highest BCUT2D eigenvalue weighted by molar-refractivity contribution is 6.31. The molecule has 1 saturated heterocycles. The Hall–Kier alpha value is -3.35. The van der Waals surface area contributed by atoms with Crippen LogP contribution in [0.4, 0.5) is 4.79 Å². The Morgan fingerprint density at radius 1 is 1.03 bits per heavy atom. The van der Waals surface area contributed by atoms with Gasteiger partial charge in [0.2, 0.25) is 0 Å². The number of nitrogens with one attached hydrogen (secondary N) is 1. The van der Waals surface area contributed by atoms with Crippen molar-refractivity contribution in [1.29, 1.82) is 0 Å². The van der Waals surface area contributed by atoms with Gasteiger partial charge in [0.1, 0.15) is 11.3 Å². The Labute approximate surface area is 181 Å². The third-order valence-electron chi connectivity index (χ3n) is 6.17. The number of imide groups is 2. The fraction of sp³-hybridized carbons (Fsp3) is 0.375. The van der Waals surface area contributed by atoms with Gasteiger partial charge in [0.25, 0.3) is 11.8 Å². The SMILES string of the molecule is COc1ccc(-n2c(C)cc(/C=C3\C(=O)NC(=O)N(C4CCCCC4)C3=O)c2C)cc1. The number of carbonyl (C=O) groups is 3. The predicted octanol–water partition coefficient (Wildman–Crippen LogP) is 3.90. The minimum absolute atomic E-state index is 0.000143. The molecule has 2 fully saturated rings. The summed E-state index contributed by atoms with van der Waals surface area (Å²) in [5, 5.41) is 2.35. The first-order valence-electron chi connectivity index (χ1n) is 10.6. The van der Waals surface area contributed by atoms with Crippen LogP contribution in [-0.2, 0) is 9.59 Å². The number of rotatable bonds is 4. The third-order valence-corrected chi connectivity index (χ3v) is 6.17. The van der Waals surface area contributed by atoms with Crippen molar-refractivity contribution in [1.82, 2.24) is 14.8 Å². The van der Waals surface area contributed by atoms with Gasteiger partial charge in [-0.25, -0.2) is 4.79 Å². The number of methoxy groups -OCH3 is 1. The number of nitrogens with zero attached hydrogens (tertiary/aromatic N) is 2. The van der Waals surface area contributed by atoms with E-state index in [-0.39, 0.29) is 11.6 Å². The minimum atomic E-state index is -0.642. The Bertz CT molecular complexity index is 1060. The average molecular weight is 421 g/mol. The van der Waals surface area contributed by atoms with Crippen molar-refractivity contribution in [3.05, 3.63) is 52.9 Å². The van der Waals surface area contributed by atoms with E-state index in [4.69, 9.17) is 4.74 Å². The summed E-state index contributed by atoms with van der Waals surface area (Å²) < 4.78 is 7.29. The summed E-state index contributed by atoms with van der Waals surface area (Å²) in [5.41, 5.74) is 3.60. The molecular formula is C24H27N3O4. The van der Waals surface area contributed by atoms with Crippen LogP contribution in [0.25, 0.3) is 11.8 Å². The molecule has 1 aromatic heterocycles. The molecule has 1 aromatic carbocycles. The second kappa shape index (κ2) is 8.41. The first-order chi connectivity index (χ1) is 14.9. The topological polar surface area (TPSA) is 80.6 Å². The van der Waals surface area contributed by atoms with Crippen LogP contribution in [0, 0.1) is 13.8 Å². The first-order valence-corrected chi connectivity index (χ1v) is 10.6. The molecule has 2 aliphatic rings. The molecule has 1 saturated carbocycles. The normalized spacial score (nSPS) is 19.1. The number of aryl methyl sites for hydroxylation is 1.